The molecule has 15 N–H and O–H groups in total. The van der Waals surface area contributed by atoms with Gasteiger partial charge in [0.1, 0.15) is 36.3 Å². The molecule has 0 radical (unpaired) electrons. The van der Waals surface area contributed by atoms with Gasteiger partial charge in [-0.25, -0.2) is 4.79 Å². The third kappa shape index (κ3) is 20.3. The van der Waals surface area contributed by atoms with E-state index in [1.165, 1.54) is 13.8 Å². The third-order valence-electron chi connectivity index (χ3n) is 8.55. The summed E-state index contributed by atoms with van der Waals surface area (Å²) >= 11 is 0. The first-order chi connectivity index (χ1) is 27.1. The smallest absolute Gasteiger partial charge is 0.326 e. The van der Waals surface area contributed by atoms with Gasteiger partial charge in [-0.05, 0) is 44.1 Å². The van der Waals surface area contributed by atoms with Gasteiger partial charge in [-0.15, -0.1) is 0 Å². The maximum atomic E-state index is 13.4. The first kappa shape index (κ1) is 52.1. The van der Waals surface area contributed by atoms with Crippen molar-refractivity contribution in [3.63, 3.8) is 0 Å². The van der Waals surface area contributed by atoms with Crippen LogP contribution in [0.15, 0.2) is 0 Å². The molecule has 24 nitrogen and oxygen atoms in total. The van der Waals surface area contributed by atoms with Gasteiger partial charge in [0.25, 0.3) is 0 Å². The number of carboxylic acids is 4. The number of carbonyl (C=O) groups excluding carboxylic acids is 7. The van der Waals surface area contributed by atoms with Crippen molar-refractivity contribution in [3.05, 3.63) is 0 Å². The highest BCUT2D eigenvalue weighted by Gasteiger charge is 2.35. The topological polar surface area (TPSA) is 405 Å². The molecule has 0 saturated carbocycles. The molecule has 7 unspecified atom stereocenters. The van der Waals surface area contributed by atoms with Gasteiger partial charge in [0.05, 0.1) is 25.9 Å². The molecule has 0 rings (SSSR count). The van der Waals surface area contributed by atoms with Crippen LogP contribution in [0.1, 0.15) is 79.1 Å². The van der Waals surface area contributed by atoms with Crippen LogP contribution < -0.4 is 48.7 Å². The van der Waals surface area contributed by atoms with Crippen molar-refractivity contribution in [2.24, 2.45) is 23.3 Å². The Bertz CT molecular complexity index is 1490. The van der Waals surface area contributed by atoms with Crippen LogP contribution in [0.2, 0.25) is 0 Å². The minimum Gasteiger partial charge on any atom is -0.481 e. The quantitative estimate of drug-likeness (QED) is 0.0317. The SMILES string of the molecule is CCC(C)C(NC(=O)CNC(=O)C(CC(=O)O)NC(=O)C(NC(=O)C(CCC(=O)O)NC(=O)C(CC(=O)O)NC(=O)CN)C(C)C)C(=O)NC(CCCCN)C(=O)O. The van der Waals surface area contributed by atoms with E-state index in [0.29, 0.717) is 25.8 Å². The molecule has 0 fully saturated rings. The Labute approximate surface area is 333 Å². The van der Waals surface area contributed by atoms with Gasteiger partial charge in [-0.3, -0.25) is 47.9 Å². The van der Waals surface area contributed by atoms with Crippen molar-refractivity contribution in [1.82, 2.24) is 37.2 Å². The van der Waals surface area contributed by atoms with Crippen molar-refractivity contribution in [2.45, 2.75) is 115 Å². The van der Waals surface area contributed by atoms with Crippen LogP contribution in [-0.4, -0.2) is 142 Å². The number of amides is 7. The second-order valence-electron chi connectivity index (χ2n) is 13.6. The second kappa shape index (κ2) is 26.9. The summed E-state index contributed by atoms with van der Waals surface area (Å²) < 4.78 is 0. The maximum absolute atomic E-state index is 13.4. The van der Waals surface area contributed by atoms with Crippen molar-refractivity contribution in [1.29, 1.82) is 0 Å². The fourth-order valence-corrected chi connectivity index (χ4v) is 5.11. The van der Waals surface area contributed by atoms with Crippen LogP contribution in [-0.2, 0) is 52.7 Å². The molecule has 7 atom stereocenters. The van der Waals surface area contributed by atoms with Gasteiger partial charge in [0, 0.05) is 6.42 Å². The molecule has 7 amide bonds. The fraction of sp³-hybridized carbons (Fsp3) is 0.676. The number of rotatable bonds is 29. The lowest BCUT2D eigenvalue weighted by atomic mass is 9.97. The lowest BCUT2D eigenvalue weighted by molar-refractivity contribution is -0.143. The summed E-state index contributed by atoms with van der Waals surface area (Å²) in [5, 5.41) is 53.1. The number of nitrogens with two attached hydrogens (primary N) is 2. The first-order valence-corrected chi connectivity index (χ1v) is 18.4. The van der Waals surface area contributed by atoms with Crippen LogP contribution in [0.3, 0.4) is 0 Å². The Hall–Kier alpha value is -5.91. The van der Waals surface area contributed by atoms with Gasteiger partial charge >= 0.3 is 23.9 Å². The predicted molar refractivity (Wildman–Crippen MR) is 200 cm³/mol. The molecular formula is C34H57N9O15. The van der Waals surface area contributed by atoms with Crippen LogP contribution in [0.4, 0.5) is 0 Å². The monoisotopic (exact) mass is 831 g/mol. The number of carboxylic acid groups (broad SMARTS) is 4. The summed E-state index contributed by atoms with van der Waals surface area (Å²) in [4.78, 5) is 136. The zero-order chi connectivity index (χ0) is 44.7. The van der Waals surface area contributed by atoms with E-state index in [0.717, 1.165) is 0 Å². The van der Waals surface area contributed by atoms with Crippen molar-refractivity contribution >= 4 is 65.2 Å². The predicted octanol–water partition coefficient (Wildman–Crippen LogP) is -4.30. The third-order valence-corrected chi connectivity index (χ3v) is 8.55. The summed E-state index contributed by atoms with van der Waals surface area (Å²) in [6, 6.07) is -9.30. The summed E-state index contributed by atoms with van der Waals surface area (Å²) in [7, 11) is 0. The molecule has 0 saturated heterocycles. The number of aliphatic carboxylic acids is 4. The molecule has 24 heteroatoms. The summed E-state index contributed by atoms with van der Waals surface area (Å²) in [6.07, 6.45) is -1.80. The van der Waals surface area contributed by atoms with Crippen molar-refractivity contribution < 1.29 is 73.2 Å². The molecule has 0 heterocycles. The lowest BCUT2D eigenvalue weighted by Crippen LogP contribution is -2.60. The lowest BCUT2D eigenvalue weighted by Gasteiger charge is -2.28. The van der Waals surface area contributed by atoms with Gasteiger partial charge < -0.3 is 69.1 Å². The molecule has 0 aromatic carbocycles. The number of carbonyl (C=O) groups is 11. The average Bonchev–Trinajstić information content (AvgIpc) is 3.14. The molecule has 328 valence electrons. The summed E-state index contributed by atoms with van der Waals surface area (Å²) in [5.74, 6) is -14.3. The van der Waals surface area contributed by atoms with Crippen LogP contribution in [0.5, 0.6) is 0 Å². The van der Waals surface area contributed by atoms with E-state index in [2.05, 4.69) is 37.2 Å². The average molecular weight is 832 g/mol. The van der Waals surface area contributed by atoms with E-state index in [9.17, 15) is 73.2 Å². The van der Waals surface area contributed by atoms with Gasteiger partial charge in [0.2, 0.25) is 41.4 Å². The molecular weight excluding hydrogens is 774 g/mol. The Morgan fingerprint density at radius 1 is 0.534 bits per heavy atom. The van der Waals surface area contributed by atoms with E-state index in [1.54, 1.807) is 13.8 Å². The van der Waals surface area contributed by atoms with Crippen LogP contribution >= 0.6 is 0 Å². The standard InChI is InChI=1S/C34H57N9O15/c1-5-17(4)28(33(56)40-19(34(57)58)8-6-7-11-35)42-23(45)15-37-29(52)20(12-25(48)49)41-32(55)27(16(2)3)43-30(53)18(9-10-24(46)47)39-31(54)21(13-26(50)51)38-22(44)14-36/h16-21,27-28H,5-15,35-36H2,1-4H3,(H,37,52)(H,38,44)(H,39,54)(H,40,56)(H,41,55)(H,42,45)(H,43,53)(H,46,47)(H,48,49)(H,50,51)(H,57,58). The molecule has 0 aliphatic rings. The Morgan fingerprint density at radius 2 is 1.05 bits per heavy atom. The molecule has 0 aliphatic heterocycles. The van der Waals surface area contributed by atoms with E-state index >= 15 is 0 Å². The van der Waals surface area contributed by atoms with Gasteiger partial charge in [-0.2, -0.15) is 0 Å². The fourth-order valence-electron chi connectivity index (χ4n) is 5.11. The Kier molecular flexibility index (Phi) is 24.1. The van der Waals surface area contributed by atoms with E-state index in [1.807, 2.05) is 0 Å². The second-order valence-corrected chi connectivity index (χ2v) is 13.6. The maximum Gasteiger partial charge on any atom is 0.326 e. The largest absolute Gasteiger partial charge is 0.481 e. The van der Waals surface area contributed by atoms with E-state index < -0.39 is 152 Å². The summed E-state index contributed by atoms with van der Waals surface area (Å²) in [6.45, 7) is 5.12. The Morgan fingerprint density at radius 3 is 1.53 bits per heavy atom. The summed E-state index contributed by atoms with van der Waals surface area (Å²) in [5.41, 5.74) is 10.7. The molecule has 58 heavy (non-hydrogen) atoms. The highest BCUT2D eigenvalue weighted by molar-refractivity contribution is 5.98. The number of unbranched alkanes of at least 4 members (excludes halogenated alkanes) is 1. The molecule has 0 bridgehead atoms. The normalized spacial score (nSPS) is 14.5. The zero-order valence-corrected chi connectivity index (χ0v) is 32.8. The first-order valence-electron chi connectivity index (χ1n) is 18.4. The number of nitrogens with one attached hydrogen (secondary N) is 7. The van der Waals surface area contributed by atoms with Crippen LogP contribution in [0, 0.1) is 11.8 Å². The van der Waals surface area contributed by atoms with Gasteiger partial charge in [0.15, 0.2) is 0 Å². The molecule has 0 aromatic rings. The van der Waals surface area contributed by atoms with Crippen LogP contribution in [0.25, 0.3) is 0 Å². The minimum absolute atomic E-state index is 0.0843. The highest BCUT2D eigenvalue weighted by atomic mass is 16.4. The minimum atomic E-state index is -1.83. The van der Waals surface area contributed by atoms with E-state index in [-0.39, 0.29) is 6.42 Å². The molecule has 0 spiro atoms. The van der Waals surface area contributed by atoms with Crippen molar-refractivity contribution in [2.75, 3.05) is 19.6 Å². The van der Waals surface area contributed by atoms with Crippen molar-refractivity contribution in [3.8, 4) is 0 Å². The Balaban J connectivity index is 6.00. The number of hydrogen-bond acceptors (Lipinski definition) is 13. The zero-order valence-electron chi connectivity index (χ0n) is 32.8. The highest BCUT2D eigenvalue weighted by Crippen LogP contribution is 2.11. The molecule has 0 aromatic heterocycles. The molecule has 0 aliphatic carbocycles. The number of hydrogen-bond donors (Lipinski definition) is 13. The van der Waals surface area contributed by atoms with E-state index in [4.69, 9.17) is 11.5 Å². The van der Waals surface area contributed by atoms with Gasteiger partial charge in [-0.1, -0.05) is 34.1 Å².